The maximum absolute atomic E-state index is 13.1. The van der Waals surface area contributed by atoms with E-state index < -0.39 is 20.6 Å². The molecule has 2 aromatic carbocycles. The van der Waals surface area contributed by atoms with Crippen LogP contribution in [-0.2, 0) is 23.2 Å². The molecule has 0 unspecified atom stereocenters. The van der Waals surface area contributed by atoms with Gasteiger partial charge in [0, 0.05) is 30.6 Å². The Bertz CT molecular complexity index is 1520. The van der Waals surface area contributed by atoms with Crippen molar-refractivity contribution in [2.24, 2.45) is 10.2 Å². The van der Waals surface area contributed by atoms with Crippen LogP contribution in [0.3, 0.4) is 0 Å². The first-order chi connectivity index (χ1) is 16.7. The summed E-state index contributed by atoms with van der Waals surface area (Å²) in [5.74, 6) is -0.212. The van der Waals surface area contributed by atoms with E-state index in [0.717, 1.165) is 15.7 Å². The fourth-order valence-corrected chi connectivity index (χ4v) is 4.82. The third-order valence-electron chi connectivity index (χ3n) is 5.86. The lowest BCUT2D eigenvalue weighted by Crippen LogP contribution is -2.28. The monoisotopic (exact) mass is 507 g/mol. The molecule has 0 amide bonds. The molecule has 13 heteroatoms. The smallest absolute Gasteiger partial charge is 0.297 e. The standard InChI is InChI=1S/C23H27B2N5O5S/c1-13-10-16(12-29(5)25)17-6-7-19(21(18(17)11-13)36(33,34)35)26-27-20-14(2)15(3)22(31)30(23(20)32)9-8-28(4)24/h6-7,10-11,31H,8-9,12H2,1-5H3,(H,33,34,35). The molecule has 1 aromatic heterocycles. The number of hydrogen-bond donors (Lipinski definition) is 2. The van der Waals surface area contributed by atoms with Gasteiger partial charge in [-0.2, -0.15) is 8.42 Å². The van der Waals surface area contributed by atoms with Crippen LogP contribution in [0.2, 0.25) is 0 Å². The molecule has 0 aliphatic carbocycles. The zero-order valence-electron chi connectivity index (χ0n) is 20.8. The van der Waals surface area contributed by atoms with Gasteiger partial charge in [-0.25, -0.2) is 0 Å². The van der Waals surface area contributed by atoms with Crippen molar-refractivity contribution in [1.82, 2.24) is 14.2 Å². The van der Waals surface area contributed by atoms with Gasteiger partial charge in [-0.1, -0.05) is 17.7 Å². The Hall–Kier alpha value is -2.99. The van der Waals surface area contributed by atoms with Crippen LogP contribution >= 0.6 is 0 Å². The van der Waals surface area contributed by atoms with Crippen LogP contribution in [0.4, 0.5) is 11.4 Å². The van der Waals surface area contributed by atoms with Crippen LogP contribution in [0.15, 0.2) is 44.2 Å². The quantitative estimate of drug-likeness (QED) is 0.273. The van der Waals surface area contributed by atoms with E-state index in [-0.39, 0.29) is 35.7 Å². The molecule has 0 aliphatic rings. The van der Waals surface area contributed by atoms with E-state index in [0.29, 0.717) is 23.1 Å². The average molecular weight is 507 g/mol. The number of hydrogen-bond acceptors (Lipinski definition) is 8. The van der Waals surface area contributed by atoms with Gasteiger partial charge >= 0.3 is 0 Å². The maximum Gasteiger partial charge on any atom is 0.297 e. The molecule has 0 saturated carbocycles. The normalized spacial score (nSPS) is 12.4. The molecular formula is C23H27B2N5O5S. The Labute approximate surface area is 212 Å². The molecule has 0 atom stereocenters. The third kappa shape index (κ3) is 5.70. The third-order valence-corrected chi connectivity index (χ3v) is 6.81. The van der Waals surface area contributed by atoms with Gasteiger partial charge in [-0.15, -0.1) is 10.2 Å². The molecule has 186 valence electrons. The van der Waals surface area contributed by atoms with Crippen LogP contribution < -0.4 is 5.56 Å². The lowest BCUT2D eigenvalue weighted by Gasteiger charge is -2.17. The second-order valence-electron chi connectivity index (χ2n) is 8.88. The Morgan fingerprint density at radius 1 is 1.00 bits per heavy atom. The number of fused-ring (bicyclic) bond motifs is 1. The van der Waals surface area contributed by atoms with Crippen LogP contribution in [0.25, 0.3) is 10.8 Å². The van der Waals surface area contributed by atoms with Crippen LogP contribution in [0.5, 0.6) is 5.88 Å². The number of nitrogens with zero attached hydrogens (tertiary/aromatic N) is 5. The zero-order valence-corrected chi connectivity index (χ0v) is 21.7. The highest BCUT2D eigenvalue weighted by Gasteiger charge is 2.22. The van der Waals surface area contributed by atoms with Crippen molar-refractivity contribution in [3.63, 3.8) is 0 Å². The first kappa shape index (κ1) is 27.6. The van der Waals surface area contributed by atoms with Gasteiger partial charge in [0.15, 0.2) is 27.5 Å². The van der Waals surface area contributed by atoms with Gasteiger partial charge in [0.1, 0.15) is 10.6 Å². The minimum Gasteiger partial charge on any atom is -0.494 e. The fraction of sp³-hybridized carbons (Fsp3) is 0.348. The van der Waals surface area contributed by atoms with E-state index >= 15 is 0 Å². The van der Waals surface area contributed by atoms with Crippen LogP contribution in [-0.4, -0.2) is 68.9 Å². The highest BCUT2D eigenvalue weighted by molar-refractivity contribution is 7.86. The molecule has 36 heavy (non-hydrogen) atoms. The topological polar surface area (TPSA) is 128 Å². The summed E-state index contributed by atoms with van der Waals surface area (Å²) < 4.78 is 36.2. The molecule has 0 bridgehead atoms. The molecule has 3 rings (SSSR count). The number of benzene rings is 2. The number of aromatic hydroxyl groups is 1. The van der Waals surface area contributed by atoms with E-state index in [1.54, 1.807) is 47.0 Å². The summed E-state index contributed by atoms with van der Waals surface area (Å²) in [6, 6.07) is 6.59. The van der Waals surface area contributed by atoms with E-state index in [1.807, 2.05) is 6.07 Å². The largest absolute Gasteiger partial charge is 0.494 e. The lowest BCUT2D eigenvalue weighted by molar-refractivity contribution is 0.384. The van der Waals surface area contributed by atoms with Crippen molar-refractivity contribution in [1.29, 1.82) is 0 Å². The predicted octanol–water partition coefficient (Wildman–Crippen LogP) is 2.83. The molecule has 2 N–H and O–H groups in total. The van der Waals surface area contributed by atoms with E-state index in [2.05, 4.69) is 10.2 Å². The second-order valence-corrected chi connectivity index (χ2v) is 10.2. The van der Waals surface area contributed by atoms with Gasteiger partial charge in [0.25, 0.3) is 15.7 Å². The molecule has 3 aromatic rings. The first-order valence-corrected chi connectivity index (χ1v) is 12.5. The summed E-state index contributed by atoms with van der Waals surface area (Å²) in [4.78, 5) is 15.5. The number of likely N-dealkylation sites (N-methyl/N-ethyl adjacent to an activating group) is 1. The predicted molar refractivity (Wildman–Crippen MR) is 140 cm³/mol. The Kier molecular flexibility index (Phi) is 8.09. The van der Waals surface area contributed by atoms with Gasteiger partial charge < -0.3 is 14.7 Å². The minimum absolute atomic E-state index is 0.0685. The van der Waals surface area contributed by atoms with Crippen molar-refractivity contribution in [2.45, 2.75) is 38.8 Å². The SMILES string of the molecule is [B]N(C)CCn1c(O)c(C)c(C)c(N=Nc2ccc3c(CN([B])C)cc(C)cc3c2S(=O)(=O)O)c1=O. The van der Waals surface area contributed by atoms with Crippen molar-refractivity contribution < 1.29 is 18.1 Å². The fourth-order valence-electron chi connectivity index (χ4n) is 4.00. The Morgan fingerprint density at radius 2 is 1.67 bits per heavy atom. The van der Waals surface area contributed by atoms with Crippen molar-refractivity contribution in [2.75, 3.05) is 20.6 Å². The van der Waals surface area contributed by atoms with Crippen molar-refractivity contribution >= 4 is 48.2 Å². The Balaban J connectivity index is 2.25. The van der Waals surface area contributed by atoms with Crippen LogP contribution in [0, 0.1) is 20.8 Å². The number of aryl methyl sites for hydroxylation is 1. The van der Waals surface area contributed by atoms with E-state index in [4.69, 9.17) is 16.0 Å². The number of aromatic nitrogens is 1. The molecule has 10 nitrogen and oxygen atoms in total. The number of pyridine rings is 1. The number of azo groups is 1. The summed E-state index contributed by atoms with van der Waals surface area (Å²) >= 11 is 0. The minimum atomic E-state index is -4.73. The second kappa shape index (κ2) is 10.6. The molecule has 1 heterocycles. The van der Waals surface area contributed by atoms with Crippen molar-refractivity contribution in [3.8, 4) is 5.88 Å². The average Bonchev–Trinajstić information content (AvgIpc) is 2.75. The van der Waals surface area contributed by atoms with E-state index in [1.165, 1.54) is 15.7 Å². The van der Waals surface area contributed by atoms with Crippen LogP contribution in [0.1, 0.15) is 22.3 Å². The van der Waals surface area contributed by atoms with Crippen molar-refractivity contribution in [3.05, 3.63) is 56.9 Å². The molecular weight excluding hydrogens is 480 g/mol. The first-order valence-electron chi connectivity index (χ1n) is 11.0. The summed E-state index contributed by atoms with van der Waals surface area (Å²) in [6.45, 7) is 5.76. The summed E-state index contributed by atoms with van der Waals surface area (Å²) in [7, 11) is 10.0. The van der Waals surface area contributed by atoms with E-state index in [9.17, 15) is 22.9 Å². The van der Waals surface area contributed by atoms with Gasteiger partial charge in [0.2, 0.25) is 0 Å². The molecule has 0 fully saturated rings. The Morgan fingerprint density at radius 3 is 2.25 bits per heavy atom. The summed E-state index contributed by atoms with van der Waals surface area (Å²) in [6.07, 6.45) is 0. The van der Waals surface area contributed by atoms with Gasteiger partial charge in [-0.05, 0) is 63.5 Å². The number of rotatable bonds is 8. The summed E-state index contributed by atoms with van der Waals surface area (Å²) in [5.41, 5.74) is 1.51. The highest BCUT2D eigenvalue weighted by atomic mass is 32.2. The summed E-state index contributed by atoms with van der Waals surface area (Å²) in [5, 5.41) is 19.4. The maximum atomic E-state index is 13.1. The van der Waals surface area contributed by atoms with Gasteiger partial charge in [-0.3, -0.25) is 13.9 Å². The molecule has 0 saturated heterocycles. The molecule has 0 aliphatic heterocycles. The van der Waals surface area contributed by atoms with Gasteiger partial charge in [0.05, 0.1) is 0 Å². The molecule has 4 radical (unpaired) electrons. The lowest BCUT2D eigenvalue weighted by atomic mass is 9.99. The zero-order chi connectivity index (χ0) is 26.9. The molecule has 0 spiro atoms. The highest BCUT2D eigenvalue weighted by Crippen LogP contribution is 2.36.